The molecule has 214 valence electrons. The van der Waals surface area contributed by atoms with E-state index in [0.717, 1.165) is 48.1 Å². The van der Waals surface area contributed by atoms with Crippen LogP contribution in [-0.4, -0.2) is 48.2 Å². The minimum absolute atomic E-state index is 0.151. The summed E-state index contributed by atoms with van der Waals surface area (Å²) in [6, 6.07) is 13.4. The number of ether oxygens (including phenoxy) is 1. The Morgan fingerprint density at radius 2 is 1.93 bits per heavy atom. The average Bonchev–Trinajstić information content (AvgIpc) is 3.40. The van der Waals surface area contributed by atoms with Gasteiger partial charge in [-0.25, -0.2) is 0 Å². The van der Waals surface area contributed by atoms with Gasteiger partial charge in [-0.1, -0.05) is 37.3 Å². The molecule has 7 heteroatoms. The van der Waals surface area contributed by atoms with E-state index in [1.54, 1.807) is 13.1 Å². The van der Waals surface area contributed by atoms with Crippen molar-refractivity contribution in [2.75, 3.05) is 13.6 Å². The molecule has 2 amide bonds. The molecule has 0 aromatic heterocycles. The fourth-order valence-electron chi connectivity index (χ4n) is 7.30. The summed E-state index contributed by atoms with van der Waals surface area (Å²) in [6.45, 7) is 6.54. The highest BCUT2D eigenvalue weighted by atomic mass is 16.5. The molecule has 7 nitrogen and oxygen atoms in total. The third-order valence-corrected chi connectivity index (χ3v) is 9.47. The third-order valence-electron chi connectivity index (χ3n) is 9.47. The molecule has 0 spiro atoms. The second-order valence-electron chi connectivity index (χ2n) is 12.4. The predicted molar refractivity (Wildman–Crippen MR) is 155 cm³/mol. The van der Waals surface area contributed by atoms with Crippen molar-refractivity contribution in [3.63, 3.8) is 0 Å². The third kappa shape index (κ3) is 6.09. The SMILES string of the molecule is CNC(=O)CCC(C=O)N1Cc2c(OCc3ccc(CCNC4(C)CC5CC(C)CC4C5)cc3)cccc2C1=O. The topological polar surface area (TPSA) is 87.7 Å². The van der Waals surface area contributed by atoms with E-state index in [-0.39, 0.29) is 23.8 Å². The molecule has 40 heavy (non-hydrogen) atoms. The van der Waals surface area contributed by atoms with Gasteiger partial charge in [0.15, 0.2) is 0 Å². The lowest BCUT2D eigenvalue weighted by atomic mass is 9.79. The van der Waals surface area contributed by atoms with Gasteiger partial charge in [0.1, 0.15) is 18.6 Å². The normalized spacial score (nSPS) is 25.9. The first-order valence-electron chi connectivity index (χ1n) is 14.8. The van der Waals surface area contributed by atoms with Crippen molar-refractivity contribution in [2.24, 2.45) is 17.8 Å². The van der Waals surface area contributed by atoms with Crippen molar-refractivity contribution in [1.82, 2.24) is 15.5 Å². The van der Waals surface area contributed by atoms with E-state index < -0.39 is 6.04 Å². The van der Waals surface area contributed by atoms with Crippen molar-refractivity contribution in [3.05, 3.63) is 64.7 Å². The smallest absolute Gasteiger partial charge is 0.255 e. The largest absolute Gasteiger partial charge is 0.489 e. The molecular weight excluding hydrogens is 502 g/mol. The van der Waals surface area contributed by atoms with E-state index in [1.165, 1.54) is 36.1 Å². The number of hydrogen-bond acceptors (Lipinski definition) is 5. The van der Waals surface area contributed by atoms with Gasteiger partial charge >= 0.3 is 0 Å². The van der Waals surface area contributed by atoms with Gasteiger partial charge in [0.05, 0.1) is 12.6 Å². The molecule has 5 atom stereocenters. The lowest BCUT2D eigenvalue weighted by molar-refractivity contribution is -0.121. The molecule has 2 aliphatic carbocycles. The van der Waals surface area contributed by atoms with E-state index in [9.17, 15) is 14.4 Å². The van der Waals surface area contributed by atoms with Crippen molar-refractivity contribution >= 4 is 18.1 Å². The molecule has 0 saturated heterocycles. The molecule has 2 N–H and O–H groups in total. The zero-order valence-electron chi connectivity index (χ0n) is 24.1. The maximum Gasteiger partial charge on any atom is 0.255 e. The standard InChI is InChI=1S/C33H43N3O4/c1-22-15-25-17-26(16-22)33(2,18-25)35-14-13-23-7-9-24(10-8-23)21-40-30-6-4-5-28-29(30)19-36(32(28)39)27(20-37)11-12-31(38)34-3/h4-10,20,22,25-27,35H,11-19,21H2,1-3H3,(H,34,38). The first-order valence-corrected chi connectivity index (χ1v) is 14.8. The predicted octanol–water partition coefficient (Wildman–Crippen LogP) is 4.66. The number of rotatable bonds is 12. The first-order chi connectivity index (χ1) is 19.3. The van der Waals surface area contributed by atoms with E-state index in [1.807, 2.05) is 12.1 Å². The highest BCUT2D eigenvalue weighted by Crippen LogP contribution is 2.50. The molecule has 3 aliphatic rings. The first kappa shape index (κ1) is 28.3. The zero-order chi connectivity index (χ0) is 28.3. The van der Waals surface area contributed by atoms with E-state index in [0.29, 0.717) is 30.9 Å². The molecule has 2 bridgehead atoms. The fourth-order valence-corrected chi connectivity index (χ4v) is 7.30. The number of nitrogens with zero attached hydrogens (tertiary/aromatic N) is 1. The summed E-state index contributed by atoms with van der Waals surface area (Å²) in [4.78, 5) is 38.0. The summed E-state index contributed by atoms with van der Waals surface area (Å²) in [5, 5.41) is 6.48. The van der Waals surface area contributed by atoms with Gasteiger partial charge in [-0.2, -0.15) is 0 Å². The molecule has 0 radical (unpaired) electrons. The van der Waals surface area contributed by atoms with Crippen LogP contribution in [0.1, 0.15) is 79.4 Å². The lowest BCUT2D eigenvalue weighted by Gasteiger charge is -2.34. The summed E-state index contributed by atoms with van der Waals surface area (Å²) < 4.78 is 6.17. The lowest BCUT2D eigenvalue weighted by Crippen LogP contribution is -2.46. The minimum atomic E-state index is -0.647. The summed E-state index contributed by atoms with van der Waals surface area (Å²) in [7, 11) is 1.56. The van der Waals surface area contributed by atoms with Crippen LogP contribution in [0, 0.1) is 17.8 Å². The number of hydrogen-bond donors (Lipinski definition) is 2. The summed E-state index contributed by atoms with van der Waals surface area (Å²) >= 11 is 0. The second-order valence-corrected chi connectivity index (χ2v) is 12.4. The maximum atomic E-state index is 13.0. The Balaban J connectivity index is 1.13. The molecule has 5 unspecified atom stereocenters. The van der Waals surface area contributed by atoms with Crippen LogP contribution in [0.5, 0.6) is 5.75 Å². The molecule has 1 aliphatic heterocycles. The van der Waals surface area contributed by atoms with Crippen LogP contribution in [0.2, 0.25) is 0 Å². The van der Waals surface area contributed by atoms with Crippen molar-refractivity contribution in [2.45, 2.75) is 83.5 Å². The number of carbonyl (C=O) groups is 3. The van der Waals surface area contributed by atoms with Gasteiger partial charge in [-0.3, -0.25) is 9.59 Å². The number of aldehydes is 1. The number of nitrogens with one attached hydrogen (secondary N) is 2. The summed E-state index contributed by atoms with van der Waals surface area (Å²) in [5.41, 5.74) is 4.01. The monoisotopic (exact) mass is 545 g/mol. The Labute approximate surface area is 238 Å². The maximum absolute atomic E-state index is 13.0. The number of benzene rings is 2. The van der Waals surface area contributed by atoms with E-state index in [4.69, 9.17) is 4.74 Å². The minimum Gasteiger partial charge on any atom is -0.489 e. The van der Waals surface area contributed by atoms with Gasteiger partial charge in [-0.05, 0) is 93.0 Å². The van der Waals surface area contributed by atoms with E-state index in [2.05, 4.69) is 48.7 Å². The van der Waals surface area contributed by atoms with Crippen LogP contribution in [0.25, 0.3) is 0 Å². The van der Waals surface area contributed by atoms with Crippen molar-refractivity contribution in [1.29, 1.82) is 0 Å². The van der Waals surface area contributed by atoms with Crippen LogP contribution >= 0.6 is 0 Å². The molecule has 1 heterocycles. The molecular formula is C33H43N3O4. The summed E-state index contributed by atoms with van der Waals surface area (Å²) in [5.74, 6) is 2.89. The highest BCUT2D eigenvalue weighted by molar-refractivity contribution is 6.00. The van der Waals surface area contributed by atoms with Crippen molar-refractivity contribution < 1.29 is 19.1 Å². The number of carbonyl (C=O) groups excluding carboxylic acids is 3. The quantitative estimate of drug-likeness (QED) is 0.379. The summed E-state index contributed by atoms with van der Waals surface area (Å²) in [6.07, 6.45) is 7.72. The average molecular weight is 546 g/mol. The molecule has 2 saturated carbocycles. The fraction of sp³-hybridized carbons (Fsp3) is 0.545. The molecule has 5 rings (SSSR count). The Kier molecular flexibility index (Phi) is 8.60. The van der Waals surface area contributed by atoms with Gasteiger partial charge < -0.3 is 25.1 Å². The van der Waals surface area contributed by atoms with Gasteiger partial charge in [-0.15, -0.1) is 0 Å². The van der Waals surface area contributed by atoms with Crippen LogP contribution in [0.4, 0.5) is 0 Å². The molecule has 2 fully saturated rings. The van der Waals surface area contributed by atoms with Crippen LogP contribution in [0.15, 0.2) is 42.5 Å². The Morgan fingerprint density at radius 3 is 2.67 bits per heavy atom. The number of amides is 2. The molecule has 2 aromatic rings. The van der Waals surface area contributed by atoms with Crippen LogP contribution in [-0.2, 0) is 29.2 Å². The van der Waals surface area contributed by atoms with Gasteiger partial charge in [0, 0.05) is 30.1 Å². The zero-order valence-corrected chi connectivity index (χ0v) is 24.1. The Morgan fingerprint density at radius 1 is 1.15 bits per heavy atom. The number of fused-ring (bicyclic) bond motifs is 3. The van der Waals surface area contributed by atoms with Gasteiger partial charge in [0.25, 0.3) is 5.91 Å². The van der Waals surface area contributed by atoms with Crippen molar-refractivity contribution in [3.8, 4) is 5.75 Å². The second kappa shape index (κ2) is 12.1. The van der Waals surface area contributed by atoms with Crippen LogP contribution in [0.3, 0.4) is 0 Å². The van der Waals surface area contributed by atoms with E-state index >= 15 is 0 Å². The van der Waals surface area contributed by atoms with Gasteiger partial charge in [0.2, 0.25) is 5.91 Å². The highest BCUT2D eigenvalue weighted by Gasteiger charge is 2.46. The van der Waals surface area contributed by atoms with Crippen LogP contribution < -0.4 is 15.4 Å². The Hall–Kier alpha value is -3.19. The Bertz CT molecular complexity index is 1230. The molecule has 2 aromatic carbocycles.